The molecule has 0 saturated carbocycles. The van der Waals surface area contributed by atoms with Crippen LogP contribution in [0.25, 0.3) is 0 Å². The minimum Gasteiger partial charge on any atom is -0.366 e. The standard InChI is InChI=1S/C15H24N2/c1-12-5-4-6-14(11-12)17-10-8-13(7-9-16)15(17,2)3/h4-6,11,13H,7-10,16H2,1-3H3. The summed E-state index contributed by atoms with van der Waals surface area (Å²) in [5.74, 6) is 0.716. The van der Waals surface area contributed by atoms with Crippen molar-refractivity contribution in [2.24, 2.45) is 11.7 Å². The lowest BCUT2D eigenvalue weighted by Gasteiger charge is -2.38. The molecule has 1 heterocycles. The molecule has 1 aliphatic heterocycles. The Morgan fingerprint density at radius 1 is 1.41 bits per heavy atom. The van der Waals surface area contributed by atoms with Gasteiger partial charge in [0.2, 0.25) is 0 Å². The second kappa shape index (κ2) is 4.69. The molecular weight excluding hydrogens is 208 g/mol. The number of aryl methyl sites for hydroxylation is 1. The van der Waals surface area contributed by atoms with E-state index in [9.17, 15) is 0 Å². The van der Waals surface area contributed by atoms with Gasteiger partial charge in [-0.15, -0.1) is 0 Å². The van der Waals surface area contributed by atoms with Crippen molar-refractivity contribution in [3.63, 3.8) is 0 Å². The first-order chi connectivity index (χ1) is 8.05. The maximum atomic E-state index is 5.72. The molecule has 0 bridgehead atoms. The van der Waals surface area contributed by atoms with Crippen LogP contribution >= 0.6 is 0 Å². The van der Waals surface area contributed by atoms with Crippen LogP contribution in [-0.4, -0.2) is 18.6 Å². The lowest BCUT2D eigenvalue weighted by molar-refractivity contribution is 0.349. The highest BCUT2D eigenvalue weighted by molar-refractivity contribution is 5.52. The van der Waals surface area contributed by atoms with E-state index in [0.717, 1.165) is 19.5 Å². The number of hydrogen-bond acceptors (Lipinski definition) is 2. The van der Waals surface area contributed by atoms with Gasteiger partial charge in [0.15, 0.2) is 0 Å². The Kier molecular flexibility index (Phi) is 3.43. The molecule has 17 heavy (non-hydrogen) atoms. The number of anilines is 1. The van der Waals surface area contributed by atoms with Gasteiger partial charge in [-0.1, -0.05) is 12.1 Å². The normalized spacial score (nSPS) is 23.1. The predicted octanol–water partition coefficient (Wildman–Crippen LogP) is 2.95. The van der Waals surface area contributed by atoms with Crippen molar-refractivity contribution in [3.8, 4) is 0 Å². The molecule has 1 unspecified atom stereocenters. The highest BCUT2D eigenvalue weighted by Crippen LogP contribution is 2.39. The molecule has 1 fully saturated rings. The van der Waals surface area contributed by atoms with E-state index in [1.165, 1.54) is 17.7 Å². The average Bonchev–Trinajstić information content (AvgIpc) is 2.55. The van der Waals surface area contributed by atoms with Crippen LogP contribution in [0.1, 0.15) is 32.3 Å². The van der Waals surface area contributed by atoms with Gasteiger partial charge in [0.05, 0.1) is 0 Å². The third-order valence-electron chi connectivity index (χ3n) is 4.22. The van der Waals surface area contributed by atoms with E-state index in [1.54, 1.807) is 0 Å². The van der Waals surface area contributed by atoms with E-state index in [4.69, 9.17) is 5.73 Å². The molecule has 2 rings (SSSR count). The molecule has 0 aromatic heterocycles. The molecule has 1 aromatic carbocycles. The first-order valence-corrected chi connectivity index (χ1v) is 6.60. The van der Waals surface area contributed by atoms with Crippen molar-refractivity contribution >= 4 is 5.69 Å². The van der Waals surface area contributed by atoms with E-state index in [-0.39, 0.29) is 5.54 Å². The zero-order valence-corrected chi connectivity index (χ0v) is 11.2. The Bertz CT molecular complexity index is 384. The Morgan fingerprint density at radius 3 is 2.82 bits per heavy atom. The zero-order chi connectivity index (χ0) is 12.5. The second-order valence-electron chi connectivity index (χ2n) is 5.71. The van der Waals surface area contributed by atoms with Crippen molar-refractivity contribution in [2.75, 3.05) is 18.0 Å². The molecule has 2 heteroatoms. The monoisotopic (exact) mass is 232 g/mol. The van der Waals surface area contributed by atoms with Crippen LogP contribution in [0.4, 0.5) is 5.69 Å². The molecule has 0 amide bonds. The van der Waals surface area contributed by atoms with E-state index in [1.807, 2.05) is 0 Å². The number of nitrogens with zero attached hydrogens (tertiary/aromatic N) is 1. The van der Waals surface area contributed by atoms with Gasteiger partial charge >= 0.3 is 0 Å². The SMILES string of the molecule is Cc1cccc(N2CCC(CCN)C2(C)C)c1. The topological polar surface area (TPSA) is 29.3 Å². The third-order valence-corrected chi connectivity index (χ3v) is 4.22. The van der Waals surface area contributed by atoms with E-state index in [2.05, 4.69) is 49.9 Å². The first kappa shape index (κ1) is 12.4. The molecule has 0 aliphatic carbocycles. The number of benzene rings is 1. The third kappa shape index (κ3) is 2.32. The van der Waals surface area contributed by atoms with Gasteiger partial charge in [-0.05, 0) is 63.8 Å². The lowest BCUT2D eigenvalue weighted by atomic mass is 9.85. The van der Waals surface area contributed by atoms with Gasteiger partial charge in [-0.3, -0.25) is 0 Å². The maximum absolute atomic E-state index is 5.72. The summed E-state index contributed by atoms with van der Waals surface area (Å²) in [5, 5.41) is 0. The summed E-state index contributed by atoms with van der Waals surface area (Å²) < 4.78 is 0. The molecule has 0 spiro atoms. The number of hydrogen-bond donors (Lipinski definition) is 1. The lowest BCUT2D eigenvalue weighted by Crippen LogP contribution is -2.43. The summed E-state index contributed by atoms with van der Waals surface area (Å²) in [6, 6.07) is 8.81. The van der Waals surface area contributed by atoms with Crippen molar-refractivity contribution < 1.29 is 0 Å². The van der Waals surface area contributed by atoms with E-state index < -0.39 is 0 Å². The minimum absolute atomic E-state index is 0.229. The first-order valence-electron chi connectivity index (χ1n) is 6.60. The Balaban J connectivity index is 2.23. The predicted molar refractivity (Wildman–Crippen MR) is 74.4 cm³/mol. The summed E-state index contributed by atoms with van der Waals surface area (Å²) in [4.78, 5) is 2.54. The highest BCUT2D eigenvalue weighted by atomic mass is 15.2. The summed E-state index contributed by atoms with van der Waals surface area (Å²) >= 11 is 0. The van der Waals surface area contributed by atoms with Crippen LogP contribution in [0.5, 0.6) is 0 Å². The molecule has 1 saturated heterocycles. The quantitative estimate of drug-likeness (QED) is 0.868. The molecule has 2 N–H and O–H groups in total. The molecule has 0 radical (unpaired) electrons. The van der Waals surface area contributed by atoms with Crippen molar-refractivity contribution in [1.29, 1.82) is 0 Å². The van der Waals surface area contributed by atoms with Crippen LogP contribution in [0.15, 0.2) is 24.3 Å². The Hall–Kier alpha value is -1.02. The fourth-order valence-corrected chi connectivity index (χ4v) is 3.10. The van der Waals surface area contributed by atoms with Gasteiger partial charge in [0.1, 0.15) is 0 Å². The van der Waals surface area contributed by atoms with Crippen LogP contribution in [0.3, 0.4) is 0 Å². The summed E-state index contributed by atoms with van der Waals surface area (Å²) in [6.45, 7) is 8.81. The molecule has 1 aromatic rings. The summed E-state index contributed by atoms with van der Waals surface area (Å²) in [7, 11) is 0. The molecule has 94 valence electrons. The number of rotatable bonds is 3. The Labute approximate surface area is 105 Å². The van der Waals surface area contributed by atoms with Gasteiger partial charge in [-0.2, -0.15) is 0 Å². The minimum atomic E-state index is 0.229. The van der Waals surface area contributed by atoms with Gasteiger partial charge < -0.3 is 10.6 Å². The second-order valence-corrected chi connectivity index (χ2v) is 5.71. The zero-order valence-electron chi connectivity index (χ0n) is 11.2. The fraction of sp³-hybridized carbons (Fsp3) is 0.600. The van der Waals surface area contributed by atoms with Crippen LogP contribution in [-0.2, 0) is 0 Å². The molecule has 1 aliphatic rings. The van der Waals surface area contributed by atoms with E-state index >= 15 is 0 Å². The molecule has 1 atom stereocenters. The van der Waals surface area contributed by atoms with Crippen LogP contribution in [0.2, 0.25) is 0 Å². The average molecular weight is 232 g/mol. The molecular formula is C15H24N2. The smallest absolute Gasteiger partial charge is 0.0375 e. The van der Waals surface area contributed by atoms with Crippen molar-refractivity contribution in [2.45, 2.75) is 39.2 Å². The maximum Gasteiger partial charge on any atom is 0.0375 e. The Morgan fingerprint density at radius 2 is 2.18 bits per heavy atom. The van der Waals surface area contributed by atoms with Crippen molar-refractivity contribution in [1.82, 2.24) is 0 Å². The highest BCUT2D eigenvalue weighted by Gasteiger charge is 2.40. The fourth-order valence-electron chi connectivity index (χ4n) is 3.10. The summed E-state index contributed by atoms with van der Waals surface area (Å²) in [5.41, 5.74) is 8.64. The van der Waals surface area contributed by atoms with Gasteiger partial charge in [0.25, 0.3) is 0 Å². The molecule has 2 nitrogen and oxygen atoms in total. The van der Waals surface area contributed by atoms with Gasteiger partial charge in [-0.25, -0.2) is 0 Å². The van der Waals surface area contributed by atoms with Crippen LogP contribution < -0.4 is 10.6 Å². The largest absolute Gasteiger partial charge is 0.366 e. The van der Waals surface area contributed by atoms with E-state index in [0.29, 0.717) is 5.92 Å². The van der Waals surface area contributed by atoms with Gasteiger partial charge in [0, 0.05) is 17.8 Å². The van der Waals surface area contributed by atoms with Crippen molar-refractivity contribution in [3.05, 3.63) is 29.8 Å². The summed E-state index contributed by atoms with van der Waals surface area (Å²) in [6.07, 6.45) is 2.40. The number of nitrogens with two attached hydrogens (primary N) is 1. The van der Waals surface area contributed by atoms with Crippen LogP contribution in [0, 0.1) is 12.8 Å².